The van der Waals surface area contributed by atoms with Crippen LogP contribution in [0.4, 0.5) is 11.5 Å². The Balaban J connectivity index is 2.03. The third kappa shape index (κ3) is 2.63. The molecule has 0 atom stereocenters. The molecule has 3 aromatic heterocycles. The number of nitrogens with one attached hydrogen (secondary N) is 1. The number of nitrogens with zero attached hydrogens (tertiary/aromatic N) is 4. The van der Waals surface area contributed by atoms with Crippen LogP contribution in [0.15, 0.2) is 33.6 Å². The molecule has 0 amide bonds. The second-order valence-corrected chi connectivity index (χ2v) is 4.90. The summed E-state index contributed by atoms with van der Waals surface area (Å²) in [4.78, 5) is 31.1. The summed E-state index contributed by atoms with van der Waals surface area (Å²) in [5.74, 6) is 0.923. The fourth-order valence-electron chi connectivity index (χ4n) is 2.14. The molecule has 0 fully saturated rings. The molecule has 3 aromatic rings. The zero-order chi connectivity index (χ0) is 16.6. The summed E-state index contributed by atoms with van der Waals surface area (Å²) in [5.41, 5.74) is -0.315. The molecule has 3 heterocycles. The molecule has 3 rings (SSSR count). The average molecular weight is 315 g/mol. The van der Waals surface area contributed by atoms with Gasteiger partial charge in [0.15, 0.2) is 0 Å². The molecular formula is C14H13N5O4. The van der Waals surface area contributed by atoms with Crippen LogP contribution in [0.2, 0.25) is 0 Å². The van der Waals surface area contributed by atoms with Crippen molar-refractivity contribution in [2.24, 2.45) is 0 Å². The quantitative estimate of drug-likeness (QED) is 0.576. The average Bonchev–Trinajstić information content (AvgIpc) is 2.83. The van der Waals surface area contributed by atoms with Crippen molar-refractivity contribution < 1.29 is 9.34 Å². The number of fused-ring (bicyclic) bond motifs is 1. The predicted molar refractivity (Wildman–Crippen MR) is 81.4 cm³/mol. The minimum absolute atomic E-state index is 0.0883. The van der Waals surface area contributed by atoms with Gasteiger partial charge in [0, 0.05) is 6.20 Å². The topological polar surface area (TPSA) is 116 Å². The molecule has 0 spiro atoms. The molecule has 1 N–H and O–H groups in total. The lowest BCUT2D eigenvalue weighted by Gasteiger charge is -2.06. The van der Waals surface area contributed by atoms with E-state index < -0.39 is 16.2 Å². The third-order valence-corrected chi connectivity index (χ3v) is 3.37. The summed E-state index contributed by atoms with van der Waals surface area (Å²) in [6.07, 6.45) is 1.43. The van der Waals surface area contributed by atoms with Gasteiger partial charge in [0.2, 0.25) is 11.7 Å². The molecule has 0 aromatic carbocycles. The number of hydrogen-bond donors (Lipinski definition) is 1. The molecule has 9 heteroatoms. The maximum absolute atomic E-state index is 12.3. The van der Waals surface area contributed by atoms with Crippen LogP contribution in [0.5, 0.6) is 0 Å². The summed E-state index contributed by atoms with van der Waals surface area (Å²) in [5, 5.41) is 14.0. The Bertz CT molecular complexity index is 940. The Morgan fingerprint density at radius 3 is 2.78 bits per heavy atom. The standard InChI is InChI=1S/C14H13N5O4/c1-8-9(2)23-11(16-8)7-15-13-12(19(21)22)14(20)18-6-4-3-5-10(18)17-13/h3-6,15H,7H2,1-2H3. The van der Waals surface area contributed by atoms with Crippen LogP contribution in [0.1, 0.15) is 17.3 Å². The van der Waals surface area contributed by atoms with Crippen molar-refractivity contribution in [3.8, 4) is 0 Å². The van der Waals surface area contributed by atoms with Crippen molar-refractivity contribution in [1.82, 2.24) is 14.4 Å². The number of aryl methyl sites for hydroxylation is 2. The number of hydrogen-bond acceptors (Lipinski definition) is 7. The van der Waals surface area contributed by atoms with Crippen LogP contribution >= 0.6 is 0 Å². The van der Waals surface area contributed by atoms with Crippen molar-refractivity contribution in [1.29, 1.82) is 0 Å². The molecule has 118 valence electrons. The number of nitro groups is 1. The molecule has 0 aliphatic carbocycles. The van der Waals surface area contributed by atoms with Crippen LogP contribution in [0, 0.1) is 24.0 Å². The van der Waals surface area contributed by atoms with E-state index in [0.717, 1.165) is 10.1 Å². The van der Waals surface area contributed by atoms with Gasteiger partial charge >= 0.3 is 11.2 Å². The largest absolute Gasteiger partial charge is 0.444 e. The first kappa shape index (κ1) is 14.7. The fraction of sp³-hybridized carbons (Fsp3) is 0.214. The maximum Gasteiger partial charge on any atom is 0.376 e. The highest BCUT2D eigenvalue weighted by molar-refractivity contribution is 5.59. The molecule has 0 saturated heterocycles. The molecule has 0 aliphatic heterocycles. The summed E-state index contributed by atoms with van der Waals surface area (Å²) in [6, 6.07) is 4.89. The number of oxazole rings is 1. The van der Waals surface area contributed by atoms with Crippen molar-refractivity contribution >= 4 is 17.2 Å². The molecule has 9 nitrogen and oxygen atoms in total. The van der Waals surface area contributed by atoms with Gasteiger partial charge in [0.25, 0.3) is 0 Å². The monoisotopic (exact) mass is 315 g/mol. The first-order valence-corrected chi connectivity index (χ1v) is 6.80. The molecule has 0 radical (unpaired) electrons. The number of pyridine rings is 1. The van der Waals surface area contributed by atoms with E-state index in [1.165, 1.54) is 6.20 Å². The summed E-state index contributed by atoms with van der Waals surface area (Å²) >= 11 is 0. The SMILES string of the molecule is Cc1nc(CNc2nc3ccccn3c(=O)c2[N+](=O)[O-])oc1C. The van der Waals surface area contributed by atoms with E-state index in [1.807, 2.05) is 0 Å². The van der Waals surface area contributed by atoms with Crippen LogP contribution in [0.3, 0.4) is 0 Å². The lowest BCUT2D eigenvalue weighted by molar-refractivity contribution is -0.385. The van der Waals surface area contributed by atoms with Gasteiger partial charge in [-0.25, -0.2) is 9.97 Å². The zero-order valence-electron chi connectivity index (χ0n) is 12.4. The number of anilines is 1. The van der Waals surface area contributed by atoms with Gasteiger partial charge in [0.1, 0.15) is 11.4 Å². The van der Waals surface area contributed by atoms with Gasteiger partial charge in [-0.05, 0) is 26.0 Å². The van der Waals surface area contributed by atoms with Crippen LogP contribution in [0.25, 0.3) is 5.65 Å². The van der Waals surface area contributed by atoms with Crippen molar-refractivity contribution in [3.63, 3.8) is 0 Å². The van der Waals surface area contributed by atoms with E-state index in [-0.39, 0.29) is 12.4 Å². The highest BCUT2D eigenvalue weighted by Crippen LogP contribution is 2.19. The molecule has 0 bridgehead atoms. The minimum atomic E-state index is -0.747. The molecule has 0 unspecified atom stereocenters. The summed E-state index contributed by atoms with van der Waals surface area (Å²) < 4.78 is 6.53. The fourth-order valence-corrected chi connectivity index (χ4v) is 2.14. The van der Waals surface area contributed by atoms with Crippen molar-refractivity contribution in [2.45, 2.75) is 20.4 Å². The summed E-state index contributed by atoms with van der Waals surface area (Å²) in [6.45, 7) is 3.66. The lowest BCUT2D eigenvalue weighted by Crippen LogP contribution is -2.21. The van der Waals surface area contributed by atoms with Gasteiger partial charge < -0.3 is 9.73 Å². The van der Waals surface area contributed by atoms with Crippen LogP contribution in [-0.2, 0) is 6.54 Å². The van der Waals surface area contributed by atoms with E-state index in [4.69, 9.17) is 4.42 Å². The maximum atomic E-state index is 12.3. The van der Waals surface area contributed by atoms with E-state index in [9.17, 15) is 14.9 Å². The second-order valence-electron chi connectivity index (χ2n) is 4.90. The van der Waals surface area contributed by atoms with E-state index in [1.54, 1.807) is 32.0 Å². The normalized spacial score (nSPS) is 10.9. The van der Waals surface area contributed by atoms with Gasteiger partial charge in [-0.2, -0.15) is 0 Å². The van der Waals surface area contributed by atoms with Gasteiger partial charge in [-0.15, -0.1) is 0 Å². The highest BCUT2D eigenvalue weighted by Gasteiger charge is 2.23. The first-order valence-electron chi connectivity index (χ1n) is 6.80. The van der Waals surface area contributed by atoms with Crippen molar-refractivity contribution in [2.75, 3.05) is 5.32 Å². The Morgan fingerprint density at radius 1 is 1.35 bits per heavy atom. The minimum Gasteiger partial charge on any atom is -0.444 e. The Kier molecular flexibility index (Phi) is 3.53. The molecule has 0 aliphatic rings. The van der Waals surface area contributed by atoms with E-state index in [0.29, 0.717) is 17.3 Å². The van der Waals surface area contributed by atoms with Crippen LogP contribution < -0.4 is 10.9 Å². The van der Waals surface area contributed by atoms with Crippen LogP contribution in [-0.4, -0.2) is 19.3 Å². The number of aromatic nitrogens is 3. The first-order chi connectivity index (χ1) is 11.0. The zero-order valence-corrected chi connectivity index (χ0v) is 12.4. The van der Waals surface area contributed by atoms with E-state index >= 15 is 0 Å². The Hall–Kier alpha value is -3.23. The highest BCUT2D eigenvalue weighted by atomic mass is 16.6. The lowest BCUT2D eigenvalue weighted by atomic mass is 10.4. The van der Waals surface area contributed by atoms with E-state index in [2.05, 4.69) is 15.3 Å². The molecular weight excluding hydrogens is 302 g/mol. The number of rotatable bonds is 4. The van der Waals surface area contributed by atoms with Crippen molar-refractivity contribution in [3.05, 3.63) is 62.2 Å². The van der Waals surface area contributed by atoms with Gasteiger partial charge in [-0.3, -0.25) is 19.3 Å². The predicted octanol–water partition coefficient (Wildman–Crippen LogP) is 1.82. The Morgan fingerprint density at radius 2 is 2.13 bits per heavy atom. The Labute approximate surface area is 129 Å². The van der Waals surface area contributed by atoms with Gasteiger partial charge in [0.05, 0.1) is 17.2 Å². The third-order valence-electron chi connectivity index (χ3n) is 3.37. The summed E-state index contributed by atoms with van der Waals surface area (Å²) in [7, 11) is 0. The van der Waals surface area contributed by atoms with Gasteiger partial charge in [-0.1, -0.05) is 6.07 Å². The second kappa shape index (κ2) is 5.52. The molecule has 0 saturated carbocycles. The smallest absolute Gasteiger partial charge is 0.376 e. The molecule has 23 heavy (non-hydrogen) atoms.